The summed E-state index contributed by atoms with van der Waals surface area (Å²) in [6, 6.07) is 2.53. The predicted octanol–water partition coefficient (Wildman–Crippen LogP) is 7.28. The standard InChI is InChI=1S/C33H51NO5/c1-21(2)7-6-8-22(3)26-11-12-27-25-10-9-23-19-24(15-17-32(23,4)28(25)16-18-33(26,27)5)38-20-31(37)39-34-29(35)13-14-30(34)36/h9,13-14,21-22,24-28,35-36H,6-8,10-12,15-20H2,1-5H3. The third kappa shape index (κ3) is 5.39. The number of rotatable bonds is 9. The summed E-state index contributed by atoms with van der Waals surface area (Å²) in [6.45, 7) is 12.2. The van der Waals surface area contributed by atoms with E-state index >= 15 is 0 Å². The van der Waals surface area contributed by atoms with Gasteiger partial charge < -0.3 is 19.8 Å². The first kappa shape index (κ1) is 28.6. The lowest BCUT2D eigenvalue weighted by Crippen LogP contribution is -2.51. The first-order chi connectivity index (χ1) is 18.5. The Morgan fingerprint density at radius 3 is 2.49 bits per heavy atom. The SMILES string of the molecule is CC(C)CCCC(C)C1CCC2C3CC=C4CC(OCC(=O)On5c(O)ccc5O)CCC4(C)C3CCC12C. The monoisotopic (exact) mass is 541 g/mol. The molecule has 0 saturated heterocycles. The topological polar surface area (TPSA) is 80.9 Å². The van der Waals surface area contributed by atoms with E-state index < -0.39 is 5.97 Å². The van der Waals surface area contributed by atoms with Crippen molar-refractivity contribution in [2.75, 3.05) is 6.61 Å². The molecule has 0 spiro atoms. The molecule has 4 aliphatic rings. The average molecular weight is 542 g/mol. The molecular weight excluding hydrogens is 490 g/mol. The molecule has 1 aromatic heterocycles. The number of hydrogen-bond donors (Lipinski definition) is 2. The Balaban J connectivity index is 1.19. The van der Waals surface area contributed by atoms with Crippen molar-refractivity contribution in [3.63, 3.8) is 0 Å². The summed E-state index contributed by atoms with van der Waals surface area (Å²) in [5, 5.41) is 19.4. The molecule has 0 aromatic carbocycles. The Morgan fingerprint density at radius 2 is 1.77 bits per heavy atom. The van der Waals surface area contributed by atoms with E-state index in [9.17, 15) is 15.0 Å². The summed E-state index contributed by atoms with van der Waals surface area (Å²) in [7, 11) is 0. The molecule has 5 rings (SSSR count). The van der Waals surface area contributed by atoms with E-state index in [1.54, 1.807) is 0 Å². The maximum atomic E-state index is 12.3. The van der Waals surface area contributed by atoms with Gasteiger partial charge in [0, 0.05) is 12.1 Å². The van der Waals surface area contributed by atoms with E-state index in [-0.39, 0.29) is 29.9 Å². The van der Waals surface area contributed by atoms with Gasteiger partial charge in [-0.1, -0.05) is 65.5 Å². The summed E-state index contributed by atoms with van der Waals surface area (Å²) in [5.41, 5.74) is 2.28. The predicted molar refractivity (Wildman–Crippen MR) is 152 cm³/mol. The molecule has 8 unspecified atom stereocenters. The molecule has 0 radical (unpaired) electrons. The zero-order valence-corrected chi connectivity index (χ0v) is 24.8. The number of carbonyl (C=O) groups is 1. The lowest BCUT2D eigenvalue weighted by molar-refractivity contribution is -0.153. The Bertz CT molecular complexity index is 1040. The maximum Gasteiger partial charge on any atom is 0.358 e. The Hall–Kier alpha value is -1.95. The van der Waals surface area contributed by atoms with Crippen LogP contribution in [0.2, 0.25) is 0 Å². The second-order valence-corrected chi connectivity index (χ2v) is 14.3. The van der Waals surface area contributed by atoms with Crippen LogP contribution in [0.5, 0.6) is 11.8 Å². The molecule has 0 amide bonds. The Morgan fingerprint density at radius 1 is 1.03 bits per heavy atom. The summed E-state index contributed by atoms with van der Waals surface area (Å²) >= 11 is 0. The fraction of sp³-hybridized carbons (Fsp3) is 0.788. The molecule has 3 saturated carbocycles. The van der Waals surface area contributed by atoms with E-state index in [1.165, 1.54) is 69.1 Å². The minimum Gasteiger partial charge on any atom is -0.492 e. The zero-order chi connectivity index (χ0) is 27.9. The van der Waals surface area contributed by atoms with Gasteiger partial charge in [-0.2, -0.15) is 0 Å². The number of allylic oxidation sites excluding steroid dienone is 1. The van der Waals surface area contributed by atoms with Crippen LogP contribution in [0.25, 0.3) is 0 Å². The van der Waals surface area contributed by atoms with Crippen LogP contribution in [0, 0.1) is 46.3 Å². The fourth-order valence-corrected chi connectivity index (χ4v) is 9.60. The van der Waals surface area contributed by atoms with Crippen molar-refractivity contribution in [2.24, 2.45) is 46.3 Å². The van der Waals surface area contributed by atoms with Crippen molar-refractivity contribution in [1.29, 1.82) is 0 Å². The number of hydrogen-bond acceptors (Lipinski definition) is 5. The Labute approximate surface area is 235 Å². The van der Waals surface area contributed by atoms with Crippen molar-refractivity contribution in [2.45, 2.75) is 111 Å². The normalized spacial score (nSPS) is 36.6. The number of nitrogens with zero attached hydrogens (tertiary/aromatic N) is 1. The summed E-state index contributed by atoms with van der Waals surface area (Å²) in [6.07, 6.45) is 16.4. The van der Waals surface area contributed by atoms with Crippen LogP contribution in [0.15, 0.2) is 23.8 Å². The number of carbonyl (C=O) groups excluding carboxylic acids is 1. The smallest absolute Gasteiger partial charge is 0.358 e. The lowest BCUT2D eigenvalue weighted by Gasteiger charge is -2.58. The third-order valence-corrected chi connectivity index (χ3v) is 11.7. The molecule has 39 heavy (non-hydrogen) atoms. The molecule has 0 aliphatic heterocycles. The maximum absolute atomic E-state index is 12.3. The van der Waals surface area contributed by atoms with Crippen molar-refractivity contribution >= 4 is 5.97 Å². The molecule has 1 aromatic rings. The van der Waals surface area contributed by atoms with Crippen LogP contribution in [-0.4, -0.2) is 33.6 Å². The first-order valence-electron chi connectivity index (χ1n) is 15.6. The number of ether oxygens (including phenoxy) is 1. The highest BCUT2D eigenvalue weighted by molar-refractivity contribution is 5.71. The molecule has 1 heterocycles. The molecule has 3 fully saturated rings. The van der Waals surface area contributed by atoms with Crippen molar-refractivity contribution in [3.8, 4) is 11.8 Å². The summed E-state index contributed by atoms with van der Waals surface area (Å²) in [4.78, 5) is 17.3. The highest BCUT2D eigenvalue weighted by Crippen LogP contribution is 2.67. The van der Waals surface area contributed by atoms with Crippen LogP contribution in [0.3, 0.4) is 0 Å². The van der Waals surface area contributed by atoms with Gasteiger partial charge in [-0.15, -0.1) is 4.73 Å². The molecule has 0 bridgehead atoms. The van der Waals surface area contributed by atoms with Crippen molar-refractivity contribution in [1.82, 2.24) is 4.73 Å². The first-order valence-corrected chi connectivity index (χ1v) is 15.6. The second kappa shape index (κ2) is 11.1. The zero-order valence-electron chi connectivity index (χ0n) is 24.8. The highest BCUT2D eigenvalue weighted by atomic mass is 16.7. The van der Waals surface area contributed by atoms with Gasteiger partial charge in [-0.05, 0) is 97.7 Å². The van der Waals surface area contributed by atoms with Crippen LogP contribution >= 0.6 is 0 Å². The summed E-state index contributed by atoms with van der Waals surface area (Å²) in [5.74, 6) is 3.67. The van der Waals surface area contributed by atoms with Gasteiger partial charge in [0.05, 0.1) is 6.10 Å². The highest BCUT2D eigenvalue weighted by Gasteiger charge is 2.59. The van der Waals surface area contributed by atoms with Crippen molar-refractivity contribution in [3.05, 3.63) is 23.8 Å². The Kier molecular flexibility index (Phi) is 8.16. The van der Waals surface area contributed by atoms with Crippen molar-refractivity contribution < 1.29 is 24.6 Å². The number of aromatic nitrogens is 1. The summed E-state index contributed by atoms with van der Waals surface area (Å²) < 4.78 is 6.70. The lowest BCUT2D eigenvalue weighted by atomic mass is 9.47. The largest absolute Gasteiger partial charge is 0.492 e. The van der Waals surface area contributed by atoms with Gasteiger partial charge in [0.15, 0.2) is 0 Å². The van der Waals surface area contributed by atoms with E-state index in [1.807, 2.05) is 0 Å². The second-order valence-electron chi connectivity index (χ2n) is 14.3. The van der Waals surface area contributed by atoms with E-state index in [4.69, 9.17) is 9.57 Å². The van der Waals surface area contributed by atoms with Gasteiger partial charge >= 0.3 is 5.97 Å². The third-order valence-electron chi connectivity index (χ3n) is 11.7. The van der Waals surface area contributed by atoms with Gasteiger partial charge in [0.25, 0.3) is 0 Å². The average Bonchev–Trinajstić information content (AvgIpc) is 3.41. The molecular formula is C33H51NO5. The molecule has 8 atom stereocenters. The number of fused-ring (bicyclic) bond motifs is 5. The van der Waals surface area contributed by atoms with Gasteiger partial charge in [0.1, 0.15) is 6.61 Å². The molecule has 4 aliphatic carbocycles. The van der Waals surface area contributed by atoms with Crippen LogP contribution in [0.1, 0.15) is 105 Å². The quantitative estimate of drug-likeness (QED) is 0.321. The van der Waals surface area contributed by atoms with Gasteiger partial charge in [0.2, 0.25) is 11.8 Å². The van der Waals surface area contributed by atoms with E-state index in [2.05, 4.69) is 40.7 Å². The van der Waals surface area contributed by atoms with Crippen LogP contribution in [-0.2, 0) is 9.53 Å². The fourth-order valence-electron chi connectivity index (χ4n) is 9.60. The van der Waals surface area contributed by atoms with E-state index in [0.717, 1.165) is 54.8 Å². The minimum atomic E-state index is -0.636. The molecule has 2 N–H and O–H groups in total. The molecule has 6 nitrogen and oxygen atoms in total. The molecule has 6 heteroatoms. The van der Waals surface area contributed by atoms with Gasteiger partial charge in [-0.3, -0.25) is 0 Å². The van der Waals surface area contributed by atoms with Crippen LogP contribution in [0.4, 0.5) is 0 Å². The van der Waals surface area contributed by atoms with Crippen LogP contribution < -0.4 is 4.84 Å². The van der Waals surface area contributed by atoms with Gasteiger partial charge in [-0.25, -0.2) is 4.79 Å². The van der Waals surface area contributed by atoms with E-state index in [0.29, 0.717) is 10.1 Å². The minimum absolute atomic E-state index is 0.00307. The number of aromatic hydroxyl groups is 2. The molecule has 218 valence electrons.